The summed E-state index contributed by atoms with van der Waals surface area (Å²) in [6.07, 6.45) is 1.26. The lowest BCUT2D eigenvalue weighted by Crippen LogP contribution is -2.29. The van der Waals surface area contributed by atoms with E-state index >= 15 is 0 Å². The third-order valence-corrected chi connectivity index (χ3v) is 4.50. The third-order valence-electron chi connectivity index (χ3n) is 4.50. The molecule has 122 valence electrons. The Balaban J connectivity index is 1.84. The first kappa shape index (κ1) is 16.0. The number of aliphatic hydroxyl groups is 1. The predicted octanol–water partition coefficient (Wildman–Crippen LogP) is 3.89. The minimum Gasteiger partial charge on any atom is -0.507 e. The van der Waals surface area contributed by atoms with Crippen LogP contribution in [0.3, 0.4) is 0 Å². The zero-order valence-corrected chi connectivity index (χ0v) is 13.7. The van der Waals surface area contributed by atoms with Crippen LogP contribution in [0.25, 0.3) is 0 Å². The van der Waals surface area contributed by atoms with Crippen LogP contribution in [0.2, 0.25) is 0 Å². The quantitative estimate of drug-likeness (QED) is 0.904. The Labute approximate surface area is 137 Å². The summed E-state index contributed by atoms with van der Waals surface area (Å²) in [5.74, 6) is 0.291. The van der Waals surface area contributed by atoms with Crippen LogP contribution in [0.1, 0.15) is 48.1 Å². The van der Waals surface area contributed by atoms with E-state index in [0.717, 1.165) is 11.1 Å². The molecular weight excluding hydrogens is 288 g/mol. The average Bonchev–Trinajstić information content (AvgIpc) is 2.50. The van der Waals surface area contributed by atoms with Gasteiger partial charge in [-0.3, -0.25) is 0 Å². The maximum Gasteiger partial charge on any atom is 0.124 e. The van der Waals surface area contributed by atoms with Crippen molar-refractivity contribution in [2.24, 2.45) is 0 Å². The van der Waals surface area contributed by atoms with Crippen molar-refractivity contribution < 1.29 is 14.9 Å². The number of aromatic hydroxyl groups is 1. The second kappa shape index (κ2) is 6.73. The Morgan fingerprint density at radius 2 is 1.83 bits per heavy atom. The van der Waals surface area contributed by atoms with Crippen LogP contribution >= 0.6 is 0 Å². The Bertz CT molecular complexity index is 653. The van der Waals surface area contributed by atoms with Crippen LogP contribution in [0.5, 0.6) is 5.75 Å². The molecule has 0 spiro atoms. The average molecular weight is 312 g/mol. The van der Waals surface area contributed by atoms with E-state index in [9.17, 15) is 10.2 Å². The molecule has 3 atom stereocenters. The van der Waals surface area contributed by atoms with Gasteiger partial charge < -0.3 is 14.9 Å². The number of phenols is 1. The number of rotatable bonds is 3. The fourth-order valence-electron chi connectivity index (χ4n) is 3.26. The summed E-state index contributed by atoms with van der Waals surface area (Å²) in [7, 11) is 0. The van der Waals surface area contributed by atoms with Crippen LogP contribution in [-0.4, -0.2) is 22.4 Å². The van der Waals surface area contributed by atoms with E-state index in [0.29, 0.717) is 25.0 Å². The Kier molecular flexibility index (Phi) is 4.69. The SMILES string of the molecule is Cc1ccc(Cc2cccc([C@H]3C[C@@H](O)C[C@@H](C)O3)c2O)cc1. The summed E-state index contributed by atoms with van der Waals surface area (Å²) in [5, 5.41) is 20.6. The van der Waals surface area contributed by atoms with Crippen molar-refractivity contribution in [2.75, 3.05) is 0 Å². The van der Waals surface area contributed by atoms with Gasteiger partial charge in [0.25, 0.3) is 0 Å². The van der Waals surface area contributed by atoms with Gasteiger partial charge in [0, 0.05) is 18.4 Å². The molecule has 0 unspecified atom stereocenters. The van der Waals surface area contributed by atoms with Gasteiger partial charge in [0.15, 0.2) is 0 Å². The molecule has 0 aromatic heterocycles. The molecule has 23 heavy (non-hydrogen) atoms. The Morgan fingerprint density at radius 1 is 1.09 bits per heavy atom. The van der Waals surface area contributed by atoms with Crippen molar-refractivity contribution in [2.45, 2.75) is 51.4 Å². The first-order valence-electron chi connectivity index (χ1n) is 8.22. The van der Waals surface area contributed by atoms with Gasteiger partial charge in [-0.2, -0.15) is 0 Å². The molecule has 3 rings (SSSR count). The molecule has 1 fully saturated rings. The molecule has 0 amide bonds. The molecule has 2 aromatic rings. The van der Waals surface area contributed by atoms with Crippen LogP contribution in [0.4, 0.5) is 0 Å². The van der Waals surface area contributed by atoms with Crippen LogP contribution in [-0.2, 0) is 11.2 Å². The van der Waals surface area contributed by atoms with E-state index in [4.69, 9.17) is 4.74 Å². The van der Waals surface area contributed by atoms with Gasteiger partial charge in [-0.15, -0.1) is 0 Å². The number of phenolic OH excluding ortho intramolecular Hbond substituents is 1. The molecule has 2 aromatic carbocycles. The highest BCUT2D eigenvalue weighted by molar-refractivity contribution is 5.44. The fourth-order valence-corrected chi connectivity index (χ4v) is 3.26. The number of hydrogen-bond acceptors (Lipinski definition) is 3. The Hall–Kier alpha value is -1.84. The fraction of sp³-hybridized carbons (Fsp3) is 0.400. The van der Waals surface area contributed by atoms with Crippen molar-refractivity contribution in [3.63, 3.8) is 0 Å². The maximum absolute atomic E-state index is 10.7. The van der Waals surface area contributed by atoms with Gasteiger partial charge in [-0.1, -0.05) is 48.0 Å². The van der Waals surface area contributed by atoms with E-state index < -0.39 is 0 Å². The summed E-state index contributed by atoms with van der Waals surface area (Å²) in [6.45, 7) is 4.03. The van der Waals surface area contributed by atoms with Gasteiger partial charge in [0.05, 0.1) is 18.3 Å². The maximum atomic E-state index is 10.7. The molecule has 0 saturated carbocycles. The van der Waals surface area contributed by atoms with Crippen molar-refractivity contribution >= 4 is 0 Å². The number of hydrogen-bond donors (Lipinski definition) is 2. The molecule has 0 radical (unpaired) electrons. The topological polar surface area (TPSA) is 49.7 Å². The molecule has 1 aliphatic heterocycles. The standard InChI is InChI=1S/C20H24O3/c1-13-6-8-15(9-7-13)11-16-4-3-5-18(20(16)22)19-12-17(21)10-14(2)23-19/h3-9,14,17,19,21-22H,10-12H2,1-2H3/t14-,17+,19-/m1/s1. The highest BCUT2D eigenvalue weighted by Crippen LogP contribution is 2.37. The van der Waals surface area contributed by atoms with Gasteiger partial charge in [-0.05, 0) is 31.4 Å². The molecule has 3 nitrogen and oxygen atoms in total. The van der Waals surface area contributed by atoms with Gasteiger partial charge in [0.1, 0.15) is 5.75 Å². The monoisotopic (exact) mass is 312 g/mol. The van der Waals surface area contributed by atoms with Gasteiger partial charge >= 0.3 is 0 Å². The van der Waals surface area contributed by atoms with E-state index in [1.165, 1.54) is 11.1 Å². The highest BCUT2D eigenvalue weighted by Gasteiger charge is 2.29. The molecule has 0 aliphatic carbocycles. The van der Waals surface area contributed by atoms with Crippen LogP contribution < -0.4 is 0 Å². The van der Waals surface area contributed by atoms with Crippen molar-refractivity contribution in [1.82, 2.24) is 0 Å². The van der Waals surface area contributed by atoms with Crippen LogP contribution in [0.15, 0.2) is 42.5 Å². The Morgan fingerprint density at radius 3 is 2.52 bits per heavy atom. The number of ether oxygens (including phenoxy) is 1. The van der Waals surface area contributed by atoms with Crippen LogP contribution in [0, 0.1) is 6.92 Å². The zero-order valence-electron chi connectivity index (χ0n) is 13.7. The number of benzene rings is 2. The van der Waals surface area contributed by atoms with Gasteiger partial charge in [-0.25, -0.2) is 0 Å². The first-order chi connectivity index (χ1) is 11.0. The van der Waals surface area contributed by atoms with Crippen molar-refractivity contribution in [3.8, 4) is 5.75 Å². The second-order valence-corrected chi connectivity index (χ2v) is 6.58. The molecule has 1 saturated heterocycles. The predicted molar refractivity (Wildman–Crippen MR) is 90.6 cm³/mol. The van der Waals surface area contributed by atoms with E-state index in [2.05, 4.69) is 31.2 Å². The lowest BCUT2D eigenvalue weighted by Gasteiger charge is -2.32. The lowest BCUT2D eigenvalue weighted by atomic mass is 9.93. The number of aliphatic hydroxyl groups excluding tert-OH is 1. The summed E-state index contributed by atoms with van der Waals surface area (Å²) < 4.78 is 5.92. The lowest BCUT2D eigenvalue weighted by molar-refractivity contribution is -0.0901. The normalized spacial score (nSPS) is 24.6. The molecule has 1 heterocycles. The molecule has 1 aliphatic rings. The number of para-hydroxylation sites is 1. The third kappa shape index (κ3) is 3.74. The minimum atomic E-state index is -0.371. The minimum absolute atomic E-state index is 0.00362. The van der Waals surface area contributed by atoms with E-state index in [1.807, 2.05) is 25.1 Å². The summed E-state index contributed by atoms with van der Waals surface area (Å²) in [4.78, 5) is 0. The number of aryl methyl sites for hydroxylation is 1. The molecule has 3 heteroatoms. The van der Waals surface area contributed by atoms with Crippen molar-refractivity contribution in [1.29, 1.82) is 0 Å². The van der Waals surface area contributed by atoms with Crippen molar-refractivity contribution in [3.05, 3.63) is 64.7 Å². The summed E-state index contributed by atoms with van der Waals surface area (Å²) in [6, 6.07) is 14.1. The largest absolute Gasteiger partial charge is 0.507 e. The van der Waals surface area contributed by atoms with E-state index in [1.54, 1.807) is 0 Å². The van der Waals surface area contributed by atoms with Gasteiger partial charge in [0.2, 0.25) is 0 Å². The highest BCUT2D eigenvalue weighted by atomic mass is 16.5. The zero-order chi connectivity index (χ0) is 16.4. The molecule has 2 N–H and O–H groups in total. The second-order valence-electron chi connectivity index (χ2n) is 6.58. The summed E-state index contributed by atoms with van der Waals surface area (Å²) >= 11 is 0. The smallest absolute Gasteiger partial charge is 0.124 e. The van der Waals surface area contributed by atoms with E-state index in [-0.39, 0.29) is 18.3 Å². The first-order valence-corrected chi connectivity index (χ1v) is 8.22. The molecular formula is C20H24O3. The summed E-state index contributed by atoms with van der Waals surface area (Å²) in [5.41, 5.74) is 4.06. The molecule has 0 bridgehead atoms.